The monoisotopic (exact) mass is 303 g/mol. The molecule has 9 heavy (non-hydrogen) atoms. The quantitative estimate of drug-likeness (QED) is 0.510. The van der Waals surface area contributed by atoms with Gasteiger partial charge in [0.1, 0.15) is 5.82 Å². The standard InChI is InChI=1S/C6H3BrFI/c7-5-2-1-4(9)3-6(5)8/h1-3H/i1D,2D,3D. The Morgan fingerprint density at radius 1 is 1.67 bits per heavy atom. The van der Waals surface area contributed by atoms with Gasteiger partial charge in [-0.15, -0.1) is 0 Å². The first-order valence-corrected chi connectivity index (χ1v) is 3.94. The van der Waals surface area contributed by atoms with Gasteiger partial charge in [-0.3, -0.25) is 0 Å². The average Bonchev–Trinajstić information content (AvgIpc) is 2.08. The number of hydrogen-bond donors (Lipinski definition) is 0. The van der Waals surface area contributed by atoms with Gasteiger partial charge >= 0.3 is 0 Å². The lowest BCUT2D eigenvalue weighted by atomic mass is 10.4. The summed E-state index contributed by atoms with van der Waals surface area (Å²) in [6.07, 6.45) is 0. The molecule has 1 aromatic carbocycles. The molecule has 0 saturated carbocycles. The predicted octanol–water partition coefficient (Wildman–Crippen LogP) is 3.19. The normalized spacial score (nSPS) is 14.3. The van der Waals surface area contributed by atoms with Crippen LogP contribution in [0.15, 0.2) is 22.6 Å². The van der Waals surface area contributed by atoms with E-state index in [0.29, 0.717) is 0 Å². The van der Waals surface area contributed by atoms with E-state index in [0.717, 1.165) is 0 Å². The van der Waals surface area contributed by atoms with E-state index in [2.05, 4.69) is 15.9 Å². The fourth-order valence-corrected chi connectivity index (χ4v) is 0.917. The van der Waals surface area contributed by atoms with E-state index >= 15 is 0 Å². The first-order chi connectivity index (χ1) is 5.46. The first kappa shape index (κ1) is 4.28. The predicted molar refractivity (Wildman–Crippen MR) is 46.8 cm³/mol. The molecule has 48 valence electrons. The maximum absolute atomic E-state index is 13.0. The maximum Gasteiger partial charge on any atom is 0.138 e. The fraction of sp³-hybridized carbons (Fsp3) is 0. The summed E-state index contributed by atoms with van der Waals surface area (Å²) in [5.74, 6) is -0.777. The third-order valence-corrected chi connectivity index (χ3v) is 1.78. The van der Waals surface area contributed by atoms with Gasteiger partial charge in [-0.1, -0.05) is 0 Å². The third-order valence-electron chi connectivity index (χ3n) is 0.694. The van der Waals surface area contributed by atoms with E-state index < -0.39 is 5.82 Å². The number of rotatable bonds is 0. The van der Waals surface area contributed by atoms with E-state index in [1.54, 1.807) is 22.6 Å². The Morgan fingerprint density at radius 3 is 3.00 bits per heavy atom. The molecule has 0 radical (unpaired) electrons. The zero-order valence-electron chi connectivity index (χ0n) is 7.13. The highest BCUT2D eigenvalue weighted by atomic mass is 127. The summed E-state index contributed by atoms with van der Waals surface area (Å²) in [4.78, 5) is 0. The van der Waals surface area contributed by atoms with Crippen LogP contribution in [0.2, 0.25) is 0 Å². The van der Waals surface area contributed by atoms with E-state index in [-0.39, 0.29) is 26.2 Å². The Bertz CT molecular complexity index is 237. The van der Waals surface area contributed by atoms with Crippen LogP contribution >= 0.6 is 38.5 Å². The zero-order valence-corrected chi connectivity index (χ0v) is 7.88. The van der Waals surface area contributed by atoms with Crippen molar-refractivity contribution >= 4 is 38.5 Å². The molecule has 0 aliphatic rings. The number of halogens is 3. The molecule has 0 atom stereocenters. The van der Waals surface area contributed by atoms with Gasteiger partial charge < -0.3 is 0 Å². The van der Waals surface area contributed by atoms with Crippen molar-refractivity contribution in [1.29, 1.82) is 0 Å². The van der Waals surface area contributed by atoms with Crippen LogP contribution in [0.1, 0.15) is 4.11 Å². The van der Waals surface area contributed by atoms with Crippen LogP contribution in [0.25, 0.3) is 0 Å². The van der Waals surface area contributed by atoms with Crippen molar-refractivity contribution in [2.24, 2.45) is 0 Å². The molecule has 0 amide bonds. The SMILES string of the molecule is [2H]c1c([2H])c(I)c([2H])c(F)c1Br. The van der Waals surface area contributed by atoms with Gasteiger partial charge in [0.05, 0.1) is 8.58 Å². The minimum Gasteiger partial charge on any atom is -0.206 e. The lowest BCUT2D eigenvalue weighted by molar-refractivity contribution is 0.620. The molecule has 0 N–H and O–H groups in total. The van der Waals surface area contributed by atoms with Gasteiger partial charge in [0.15, 0.2) is 0 Å². The average molecular weight is 304 g/mol. The van der Waals surface area contributed by atoms with Crippen molar-refractivity contribution in [3.8, 4) is 0 Å². The smallest absolute Gasteiger partial charge is 0.138 e. The largest absolute Gasteiger partial charge is 0.206 e. The molecular formula is C6H3BrFI. The lowest BCUT2D eigenvalue weighted by Crippen LogP contribution is -1.76. The fourth-order valence-electron chi connectivity index (χ4n) is 0.347. The molecule has 0 heterocycles. The van der Waals surface area contributed by atoms with Crippen LogP contribution in [0.5, 0.6) is 0 Å². The Morgan fingerprint density at radius 2 is 2.33 bits per heavy atom. The van der Waals surface area contributed by atoms with E-state index in [1.165, 1.54) is 0 Å². The van der Waals surface area contributed by atoms with E-state index in [9.17, 15) is 4.39 Å². The van der Waals surface area contributed by atoms with Crippen LogP contribution in [0.3, 0.4) is 0 Å². The van der Waals surface area contributed by atoms with Crippen LogP contribution in [0.4, 0.5) is 4.39 Å². The van der Waals surface area contributed by atoms with Crippen LogP contribution in [-0.2, 0) is 0 Å². The van der Waals surface area contributed by atoms with Crippen LogP contribution in [0, 0.1) is 9.39 Å². The third kappa shape index (κ3) is 1.89. The van der Waals surface area contributed by atoms with E-state index in [4.69, 9.17) is 4.11 Å². The molecule has 0 unspecified atom stereocenters. The van der Waals surface area contributed by atoms with Gasteiger partial charge in [0, 0.05) is 3.57 Å². The van der Waals surface area contributed by atoms with Crippen molar-refractivity contribution in [3.63, 3.8) is 0 Å². The minimum absolute atomic E-state index is 0.113. The van der Waals surface area contributed by atoms with Crippen molar-refractivity contribution in [1.82, 2.24) is 0 Å². The Balaban J connectivity index is 3.60. The molecule has 1 aromatic rings. The zero-order chi connectivity index (χ0) is 9.46. The van der Waals surface area contributed by atoms with Gasteiger partial charge in [-0.05, 0) is 56.6 Å². The molecule has 3 heteroatoms. The van der Waals surface area contributed by atoms with E-state index in [1.807, 2.05) is 0 Å². The molecule has 0 bridgehead atoms. The Hall–Kier alpha value is 0.360. The molecule has 0 aliphatic heterocycles. The Labute approximate surface area is 78.9 Å². The second-order valence-electron chi connectivity index (χ2n) is 1.32. The highest BCUT2D eigenvalue weighted by molar-refractivity contribution is 14.1. The molecule has 0 fully saturated rings. The molecule has 0 spiro atoms. The summed E-state index contributed by atoms with van der Waals surface area (Å²) in [5.41, 5.74) is 0. The first-order valence-electron chi connectivity index (χ1n) is 3.57. The van der Waals surface area contributed by atoms with Gasteiger partial charge in [-0.25, -0.2) is 4.39 Å². The van der Waals surface area contributed by atoms with Crippen LogP contribution < -0.4 is 0 Å². The Kier molecular flexibility index (Phi) is 1.41. The van der Waals surface area contributed by atoms with Crippen molar-refractivity contribution in [2.75, 3.05) is 0 Å². The lowest BCUT2D eigenvalue weighted by Gasteiger charge is -1.92. The summed E-state index contributed by atoms with van der Waals surface area (Å²) >= 11 is 4.49. The molecule has 1 rings (SSSR count). The summed E-state index contributed by atoms with van der Waals surface area (Å²) < 4.78 is 34.8. The second-order valence-corrected chi connectivity index (χ2v) is 3.19. The minimum atomic E-state index is -0.777. The number of hydrogen-bond acceptors (Lipinski definition) is 0. The summed E-state index contributed by atoms with van der Waals surface area (Å²) in [5, 5.41) is 0. The van der Waals surface area contributed by atoms with Gasteiger partial charge in [0.25, 0.3) is 0 Å². The van der Waals surface area contributed by atoms with Crippen molar-refractivity contribution in [3.05, 3.63) is 32.0 Å². The molecule has 0 nitrogen and oxygen atoms in total. The molecular weight excluding hydrogens is 298 g/mol. The maximum atomic E-state index is 13.0. The summed E-state index contributed by atoms with van der Waals surface area (Å²) in [6, 6.07) is -0.662. The summed E-state index contributed by atoms with van der Waals surface area (Å²) in [6.45, 7) is 0. The second kappa shape index (κ2) is 2.96. The van der Waals surface area contributed by atoms with Crippen molar-refractivity contribution < 1.29 is 8.50 Å². The van der Waals surface area contributed by atoms with Crippen LogP contribution in [-0.4, -0.2) is 0 Å². The van der Waals surface area contributed by atoms with Gasteiger partial charge in [-0.2, -0.15) is 0 Å². The molecule has 0 aromatic heterocycles. The topological polar surface area (TPSA) is 0 Å². The number of benzene rings is 1. The van der Waals surface area contributed by atoms with Crippen molar-refractivity contribution in [2.45, 2.75) is 0 Å². The molecule has 0 saturated heterocycles. The molecule has 0 aliphatic carbocycles. The summed E-state index contributed by atoms with van der Waals surface area (Å²) in [7, 11) is 0. The highest BCUT2D eigenvalue weighted by Crippen LogP contribution is 2.16. The van der Waals surface area contributed by atoms with Gasteiger partial charge in [0.2, 0.25) is 0 Å². The highest BCUT2D eigenvalue weighted by Gasteiger charge is 1.96.